The number of sulfonamides is 1. The molecule has 0 unspecified atom stereocenters. The van der Waals surface area contributed by atoms with Crippen LogP contribution < -0.4 is 15.8 Å². The Kier molecular flexibility index (Phi) is 5.53. The van der Waals surface area contributed by atoms with Gasteiger partial charge < -0.3 is 11.1 Å². The molecule has 1 amide bonds. The molecule has 0 aromatic carbocycles. The van der Waals surface area contributed by atoms with E-state index in [0.29, 0.717) is 16.9 Å². The van der Waals surface area contributed by atoms with Crippen LogP contribution in [0.4, 0.5) is 0 Å². The van der Waals surface area contributed by atoms with E-state index in [9.17, 15) is 13.2 Å². The molecular formula is C8H12BrN3O3S2. The van der Waals surface area contributed by atoms with Crippen molar-refractivity contribution in [2.75, 3.05) is 19.6 Å². The van der Waals surface area contributed by atoms with E-state index < -0.39 is 15.9 Å². The van der Waals surface area contributed by atoms with Gasteiger partial charge in [-0.05, 0) is 28.1 Å². The summed E-state index contributed by atoms with van der Waals surface area (Å²) in [7, 11) is -3.61. The van der Waals surface area contributed by atoms with Gasteiger partial charge in [0.1, 0.15) is 4.21 Å². The van der Waals surface area contributed by atoms with Gasteiger partial charge in [-0.25, -0.2) is 13.1 Å². The first-order valence-electron chi connectivity index (χ1n) is 4.67. The Morgan fingerprint density at radius 2 is 2.18 bits per heavy atom. The van der Waals surface area contributed by atoms with Gasteiger partial charge in [-0.1, -0.05) is 0 Å². The van der Waals surface area contributed by atoms with Crippen LogP contribution in [0.2, 0.25) is 0 Å². The van der Waals surface area contributed by atoms with Crippen LogP contribution >= 0.6 is 27.3 Å². The molecule has 0 atom stereocenters. The van der Waals surface area contributed by atoms with Crippen molar-refractivity contribution < 1.29 is 13.2 Å². The van der Waals surface area contributed by atoms with Crippen molar-refractivity contribution in [2.45, 2.75) is 4.21 Å². The van der Waals surface area contributed by atoms with Crippen molar-refractivity contribution in [1.29, 1.82) is 0 Å². The van der Waals surface area contributed by atoms with E-state index in [4.69, 9.17) is 5.73 Å². The Morgan fingerprint density at radius 3 is 2.71 bits per heavy atom. The van der Waals surface area contributed by atoms with E-state index in [1.165, 1.54) is 6.07 Å². The Hall–Kier alpha value is -0.480. The number of hydrogen-bond donors (Lipinski definition) is 3. The van der Waals surface area contributed by atoms with Crippen molar-refractivity contribution in [3.63, 3.8) is 0 Å². The van der Waals surface area contributed by atoms with Gasteiger partial charge in [-0.2, -0.15) is 0 Å². The zero-order valence-corrected chi connectivity index (χ0v) is 12.0. The van der Waals surface area contributed by atoms with Gasteiger partial charge in [0.2, 0.25) is 5.91 Å². The first-order chi connectivity index (χ1) is 7.95. The minimum atomic E-state index is -3.61. The Labute approximate surface area is 112 Å². The Bertz CT molecular complexity index is 486. The fraction of sp³-hybridized carbons (Fsp3) is 0.375. The second kappa shape index (κ2) is 6.45. The van der Waals surface area contributed by atoms with Gasteiger partial charge in [-0.15, -0.1) is 11.3 Å². The lowest BCUT2D eigenvalue weighted by Gasteiger charge is -2.05. The topological polar surface area (TPSA) is 101 Å². The highest BCUT2D eigenvalue weighted by Crippen LogP contribution is 2.25. The van der Waals surface area contributed by atoms with Crippen LogP contribution in [0.5, 0.6) is 0 Å². The molecule has 4 N–H and O–H groups in total. The molecule has 1 aromatic rings. The minimum Gasteiger partial charge on any atom is -0.354 e. The fourth-order valence-electron chi connectivity index (χ4n) is 0.948. The van der Waals surface area contributed by atoms with Crippen molar-refractivity contribution >= 4 is 43.2 Å². The summed E-state index contributed by atoms with van der Waals surface area (Å²) in [5.41, 5.74) is 5.20. The Morgan fingerprint density at radius 1 is 1.47 bits per heavy atom. The average Bonchev–Trinajstić information content (AvgIpc) is 2.71. The van der Waals surface area contributed by atoms with Crippen molar-refractivity contribution in [3.05, 3.63) is 15.9 Å². The maximum atomic E-state index is 11.7. The molecule has 17 heavy (non-hydrogen) atoms. The molecular weight excluding hydrogens is 330 g/mol. The van der Waals surface area contributed by atoms with E-state index in [1.54, 1.807) is 6.07 Å². The fourth-order valence-corrected chi connectivity index (χ4v) is 3.98. The number of amides is 1. The molecule has 1 aromatic heterocycles. The normalized spacial score (nSPS) is 11.4. The summed E-state index contributed by atoms with van der Waals surface area (Å²) in [6.07, 6.45) is 0. The third-order valence-corrected chi connectivity index (χ3v) is 5.22. The van der Waals surface area contributed by atoms with Crippen LogP contribution in [0.25, 0.3) is 0 Å². The molecule has 0 radical (unpaired) electrons. The number of halogens is 1. The average molecular weight is 342 g/mol. The molecule has 0 aliphatic rings. The molecule has 0 aliphatic heterocycles. The molecule has 1 heterocycles. The molecule has 96 valence electrons. The van der Waals surface area contributed by atoms with Crippen molar-refractivity contribution in [1.82, 2.24) is 10.0 Å². The predicted molar refractivity (Wildman–Crippen MR) is 69.3 cm³/mol. The van der Waals surface area contributed by atoms with Crippen molar-refractivity contribution in [3.8, 4) is 0 Å². The summed E-state index contributed by atoms with van der Waals surface area (Å²) in [4.78, 5) is 11.2. The number of carbonyl (C=O) groups excluding carboxylic acids is 1. The first-order valence-corrected chi connectivity index (χ1v) is 7.77. The van der Waals surface area contributed by atoms with E-state index in [2.05, 4.69) is 26.0 Å². The highest BCUT2D eigenvalue weighted by Gasteiger charge is 2.17. The lowest BCUT2D eigenvalue weighted by molar-refractivity contribution is -0.119. The quantitative estimate of drug-likeness (QED) is 0.670. The second-order valence-corrected chi connectivity index (χ2v) is 7.48. The summed E-state index contributed by atoms with van der Waals surface area (Å²) in [6, 6.07) is 3.10. The van der Waals surface area contributed by atoms with Crippen molar-refractivity contribution in [2.24, 2.45) is 5.73 Å². The lowest BCUT2D eigenvalue weighted by Crippen LogP contribution is -2.38. The minimum absolute atomic E-state index is 0.163. The third kappa shape index (κ3) is 4.72. The number of carbonyl (C=O) groups is 1. The zero-order chi connectivity index (χ0) is 12.9. The monoisotopic (exact) mass is 341 g/mol. The molecule has 0 spiro atoms. The molecule has 0 aliphatic carbocycles. The zero-order valence-electron chi connectivity index (χ0n) is 8.77. The molecule has 6 nitrogen and oxygen atoms in total. The van der Waals surface area contributed by atoms with E-state index >= 15 is 0 Å². The van der Waals surface area contributed by atoms with Crippen LogP contribution in [-0.4, -0.2) is 34.0 Å². The number of hydrogen-bond acceptors (Lipinski definition) is 5. The predicted octanol–water partition coefficient (Wildman–Crippen LogP) is -0.136. The number of thiophene rings is 1. The highest BCUT2D eigenvalue weighted by molar-refractivity contribution is 9.11. The van der Waals surface area contributed by atoms with Gasteiger partial charge in [0, 0.05) is 13.1 Å². The number of nitrogens with two attached hydrogens (primary N) is 1. The maximum absolute atomic E-state index is 11.7. The molecule has 0 saturated carbocycles. The first kappa shape index (κ1) is 14.6. The van der Waals surface area contributed by atoms with Crippen LogP contribution in [0, 0.1) is 0 Å². The van der Waals surface area contributed by atoms with Crippen LogP contribution in [-0.2, 0) is 14.8 Å². The van der Waals surface area contributed by atoms with E-state index in [1.807, 2.05) is 0 Å². The second-order valence-electron chi connectivity index (χ2n) is 3.02. The summed E-state index contributed by atoms with van der Waals surface area (Å²) in [5.74, 6) is -0.408. The summed E-state index contributed by atoms with van der Waals surface area (Å²) in [6.45, 7) is 0.347. The Balaban J connectivity index is 2.54. The third-order valence-electron chi connectivity index (χ3n) is 1.70. The summed E-state index contributed by atoms with van der Waals surface area (Å²) < 4.78 is 26.5. The maximum Gasteiger partial charge on any atom is 0.250 e. The number of rotatable bonds is 6. The molecule has 0 fully saturated rings. The van der Waals surface area contributed by atoms with Crippen LogP contribution in [0.3, 0.4) is 0 Å². The SMILES string of the molecule is NCCNC(=O)CNS(=O)(=O)c1ccc(Br)s1. The summed E-state index contributed by atoms with van der Waals surface area (Å²) >= 11 is 4.25. The standard InChI is InChI=1S/C8H12BrN3O3S2/c9-6-1-2-8(16-6)17(14,15)12-5-7(13)11-4-3-10/h1-2,12H,3-5,10H2,(H,11,13). The molecule has 1 rings (SSSR count). The molecule has 9 heteroatoms. The molecule has 0 bridgehead atoms. The smallest absolute Gasteiger partial charge is 0.250 e. The van der Waals surface area contributed by atoms with Gasteiger partial charge >= 0.3 is 0 Å². The van der Waals surface area contributed by atoms with Gasteiger partial charge in [0.25, 0.3) is 10.0 Å². The molecule has 0 saturated heterocycles. The van der Waals surface area contributed by atoms with Gasteiger partial charge in [-0.3, -0.25) is 4.79 Å². The van der Waals surface area contributed by atoms with Gasteiger partial charge in [0.05, 0.1) is 10.3 Å². The summed E-state index contributed by atoms with van der Waals surface area (Å²) in [5, 5.41) is 2.46. The van der Waals surface area contributed by atoms with E-state index in [0.717, 1.165) is 11.3 Å². The van der Waals surface area contributed by atoms with Gasteiger partial charge in [0.15, 0.2) is 0 Å². The van der Waals surface area contributed by atoms with E-state index in [-0.39, 0.29) is 10.8 Å². The van der Waals surface area contributed by atoms with Crippen LogP contribution in [0.1, 0.15) is 0 Å². The lowest BCUT2D eigenvalue weighted by atomic mass is 10.5. The van der Waals surface area contributed by atoms with Crippen LogP contribution in [0.15, 0.2) is 20.1 Å². The number of nitrogens with one attached hydrogen (secondary N) is 2. The highest BCUT2D eigenvalue weighted by atomic mass is 79.9. The largest absolute Gasteiger partial charge is 0.354 e.